The van der Waals surface area contributed by atoms with Gasteiger partial charge in [-0.2, -0.15) is 4.31 Å². The van der Waals surface area contributed by atoms with Crippen molar-refractivity contribution in [3.05, 3.63) is 69.8 Å². The summed E-state index contributed by atoms with van der Waals surface area (Å²) < 4.78 is 27.1. The molecule has 0 spiro atoms. The second-order valence-corrected chi connectivity index (χ2v) is 8.31. The molecule has 138 valence electrons. The Balaban J connectivity index is 1.70. The van der Waals surface area contributed by atoms with E-state index in [1.807, 2.05) is 18.2 Å². The first-order valence-electron chi connectivity index (χ1n) is 8.39. The summed E-state index contributed by atoms with van der Waals surface area (Å²) in [5.41, 5.74) is 1.47. The van der Waals surface area contributed by atoms with Crippen molar-refractivity contribution in [1.29, 1.82) is 0 Å². The number of benzene rings is 2. The lowest BCUT2D eigenvalue weighted by atomic mass is 10.2. The molecule has 1 saturated heterocycles. The highest BCUT2D eigenvalue weighted by Crippen LogP contribution is 2.25. The van der Waals surface area contributed by atoms with Crippen LogP contribution in [0.5, 0.6) is 0 Å². The molecular weight excluding hydrogens is 354 g/mol. The average Bonchev–Trinajstić information content (AvgIpc) is 2.63. The fourth-order valence-corrected chi connectivity index (χ4v) is 4.51. The van der Waals surface area contributed by atoms with Gasteiger partial charge in [-0.05, 0) is 18.6 Å². The van der Waals surface area contributed by atoms with E-state index in [-0.39, 0.29) is 10.6 Å². The van der Waals surface area contributed by atoms with Crippen LogP contribution < -0.4 is 0 Å². The van der Waals surface area contributed by atoms with Crippen LogP contribution in [0.25, 0.3) is 0 Å². The predicted octanol–water partition coefficient (Wildman–Crippen LogP) is 2.41. The van der Waals surface area contributed by atoms with E-state index in [1.54, 1.807) is 6.92 Å². The van der Waals surface area contributed by atoms with E-state index in [2.05, 4.69) is 17.0 Å². The van der Waals surface area contributed by atoms with Crippen molar-refractivity contribution in [3.8, 4) is 0 Å². The molecule has 1 fully saturated rings. The van der Waals surface area contributed by atoms with Gasteiger partial charge in [0.15, 0.2) is 0 Å². The van der Waals surface area contributed by atoms with Crippen molar-refractivity contribution < 1.29 is 13.3 Å². The summed E-state index contributed by atoms with van der Waals surface area (Å²) >= 11 is 0. The van der Waals surface area contributed by atoms with E-state index >= 15 is 0 Å². The van der Waals surface area contributed by atoms with Gasteiger partial charge in [0.2, 0.25) is 10.0 Å². The molecule has 0 aromatic heterocycles. The number of hydrogen-bond acceptors (Lipinski definition) is 5. The van der Waals surface area contributed by atoms with Crippen LogP contribution in [0.4, 0.5) is 5.69 Å². The Hall–Kier alpha value is -2.29. The van der Waals surface area contributed by atoms with Crippen molar-refractivity contribution in [1.82, 2.24) is 9.21 Å². The molecule has 0 atom stereocenters. The van der Waals surface area contributed by atoms with Crippen molar-refractivity contribution >= 4 is 15.7 Å². The number of aryl methyl sites for hydroxylation is 1. The minimum atomic E-state index is -3.73. The van der Waals surface area contributed by atoms with Crippen molar-refractivity contribution in [3.63, 3.8) is 0 Å². The molecule has 8 heteroatoms. The molecule has 26 heavy (non-hydrogen) atoms. The number of nitro benzene ring substituents is 1. The van der Waals surface area contributed by atoms with E-state index in [0.29, 0.717) is 31.7 Å². The third-order valence-corrected chi connectivity index (χ3v) is 6.49. The molecule has 7 nitrogen and oxygen atoms in total. The lowest BCUT2D eigenvalue weighted by molar-refractivity contribution is -0.385. The minimum Gasteiger partial charge on any atom is -0.296 e. The normalized spacial score (nSPS) is 16.5. The van der Waals surface area contributed by atoms with Crippen LogP contribution in [-0.2, 0) is 16.6 Å². The second kappa shape index (κ2) is 7.53. The van der Waals surface area contributed by atoms with E-state index in [0.717, 1.165) is 12.6 Å². The predicted molar refractivity (Wildman–Crippen MR) is 98.3 cm³/mol. The van der Waals surface area contributed by atoms with Gasteiger partial charge in [0.1, 0.15) is 0 Å². The molecule has 0 radical (unpaired) electrons. The van der Waals surface area contributed by atoms with Crippen LogP contribution in [0.3, 0.4) is 0 Å². The summed E-state index contributed by atoms with van der Waals surface area (Å²) in [5, 5.41) is 11.1. The van der Waals surface area contributed by atoms with Gasteiger partial charge >= 0.3 is 0 Å². The lowest BCUT2D eigenvalue weighted by Gasteiger charge is -2.34. The smallest absolute Gasteiger partial charge is 0.273 e. The van der Waals surface area contributed by atoms with Crippen molar-refractivity contribution in [2.45, 2.75) is 18.4 Å². The summed E-state index contributed by atoms with van der Waals surface area (Å²) in [7, 11) is -3.73. The third kappa shape index (κ3) is 3.92. The number of piperazine rings is 1. The number of nitrogens with zero attached hydrogens (tertiary/aromatic N) is 3. The molecule has 0 aliphatic carbocycles. The van der Waals surface area contributed by atoms with Gasteiger partial charge in [-0.3, -0.25) is 15.0 Å². The standard InChI is InChI=1S/C18H21N3O4S/c1-15-7-8-17(13-18(15)21(22)23)26(24,25)20-11-9-19(10-12-20)14-16-5-3-2-4-6-16/h2-8,13H,9-12,14H2,1H3. The Morgan fingerprint density at radius 3 is 2.31 bits per heavy atom. The summed E-state index contributed by atoms with van der Waals surface area (Å²) in [6, 6.07) is 14.1. The van der Waals surface area contributed by atoms with Crippen molar-refractivity contribution in [2.24, 2.45) is 0 Å². The number of rotatable bonds is 5. The zero-order valence-electron chi connectivity index (χ0n) is 14.5. The molecule has 2 aromatic rings. The van der Waals surface area contributed by atoms with Gasteiger partial charge in [0.25, 0.3) is 5.69 Å². The van der Waals surface area contributed by atoms with E-state index in [1.165, 1.54) is 22.0 Å². The zero-order chi connectivity index (χ0) is 18.7. The van der Waals surface area contributed by atoms with Crippen LogP contribution in [-0.4, -0.2) is 48.7 Å². The molecule has 2 aromatic carbocycles. The van der Waals surface area contributed by atoms with Gasteiger partial charge in [-0.25, -0.2) is 8.42 Å². The second-order valence-electron chi connectivity index (χ2n) is 6.37. The minimum absolute atomic E-state index is 0.0219. The summed E-state index contributed by atoms with van der Waals surface area (Å²) in [5.74, 6) is 0. The average molecular weight is 375 g/mol. The van der Waals surface area contributed by atoms with Gasteiger partial charge in [0.05, 0.1) is 9.82 Å². The van der Waals surface area contributed by atoms with Crippen LogP contribution in [0.15, 0.2) is 53.4 Å². The number of hydrogen-bond donors (Lipinski definition) is 0. The summed E-state index contributed by atoms with van der Waals surface area (Å²) in [4.78, 5) is 12.7. The first-order valence-corrected chi connectivity index (χ1v) is 9.83. The molecule has 0 bridgehead atoms. The van der Waals surface area contributed by atoms with Gasteiger partial charge in [-0.15, -0.1) is 0 Å². The van der Waals surface area contributed by atoms with E-state index in [4.69, 9.17) is 0 Å². The third-order valence-electron chi connectivity index (χ3n) is 4.60. The first kappa shape index (κ1) is 18.5. The maximum Gasteiger partial charge on any atom is 0.273 e. The monoisotopic (exact) mass is 375 g/mol. The molecule has 0 amide bonds. The highest BCUT2D eigenvalue weighted by Gasteiger charge is 2.30. The molecule has 0 unspecified atom stereocenters. The molecule has 1 aliphatic rings. The van der Waals surface area contributed by atoms with Gasteiger partial charge in [-0.1, -0.05) is 36.4 Å². The lowest BCUT2D eigenvalue weighted by Crippen LogP contribution is -2.48. The van der Waals surface area contributed by atoms with E-state index in [9.17, 15) is 18.5 Å². The molecule has 1 heterocycles. The maximum atomic E-state index is 12.8. The highest BCUT2D eigenvalue weighted by atomic mass is 32.2. The van der Waals surface area contributed by atoms with Crippen LogP contribution in [0, 0.1) is 17.0 Å². The van der Waals surface area contributed by atoms with Crippen LogP contribution in [0.1, 0.15) is 11.1 Å². The van der Waals surface area contributed by atoms with Crippen LogP contribution in [0.2, 0.25) is 0 Å². The summed E-state index contributed by atoms with van der Waals surface area (Å²) in [6.07, 6.45) is 0. The molecule has 3 rings (SSSR count). The Morgan fingerprint density at radius 1 is 1.04 bits per heavy atom. The molecule has 0 N–H and O–H groups in total. The molecular formula is C18H21N3O4S. The largest absolute Gasteiger partial charge is 0.296 e. The Morgan fingerprint density at radius 2 is 1.69 bits per heavy atom. The number of nitro groups is 1. The fraction of sp³-hybridized carbons (Fsp3) is 0.333. The van der Waals surface area contributed by atoms with Gasteiger partial charge in [0, 0.05) is 44.4 Å². The first-order chi connectivity index (χ1) is 12.4. The SMILES string of the molecule is Cc1ccc(S(=O)(=O)N2CCN(Cc3ccccc3)CC2)cc1[N+](=O)[O-]. The quantitative estimate of drug-likeness (QED) is 0.592. The number of sulfonamides is 1. The van der Waals surface area contributed by atoms with Crippen molar-refractivity contribution in [2.75, 3.05) is 26.2 Å². The van der Waals surface area contributed by atoms with E-state index < -0.39 is 14.9 Å². The molecule has 1 aliphatic heterocycles. The maximum absolute atomic E-state index is 12.8. The molecule has 0 saturated carbocycles. The van der Waals surface area contributed by atoms with Gasteiger partial charge < -0.3 is 0 Å². The zero-order valence-corrected chi connectivity index (χ0v) is 15.4. The highest BCUT2D eigenvalue weighted by molar-refractivity contribution is 7.89. The fourth-order valence-electron chi connectivity index (χ4n) is 3.07. The summed E-state index contributed by atoms with van der Waals surface area (Å²) in [6.45, 7) is 4.37. The van der Waals surface area contributed by atoms with Crippen LogP contribution >= 0.6 is 0 Å². The Bertz CT molecular complexity index is 892. The Labute approximate surface area is 153 Å². The Kier molecular flexibility index (Phi) is 5.36. The topological polar surface area (TPSA) is 83.8 Å².